The van der Waals surface area contributed by atoms with Gasteiger partial charge in [-0.05, 0) is 94.4 Å². The first-order chi connectivity index (χ1) is 31.3. The van der Waals surface area contributed by atoms with Gasteiger partial charge in [0, 0.05) is 64.5 Å². The van der Waals surface area contributed by atoms with Gasteiger partial charge in [-0.1, -0.05) is 152 Å². The molecule has 0 unspecified atom stereocenters. The molecule has 1 spiro atoms. The summed E-state index contributed by atoms with van der Waals surface area (Å²) in [5.74, 6) is 1.78. The third-order valence-corrected chi connectivity index (χ3v) is 14.8. The lowest BCUT2D eigenvalue weighted by molar-refractivity contribution is 0.435. The van der Waals surface area contributed by atoms with Crippen molar-refractivity contribution in [2.75, 3.05) is 4.90 Å². The fraction of sp³-hybridized carbons (Fsp3) is 0.0169. The molecular formula is C59H36N2OS. The molecule has 3 heterocycles. The van der Waals surface area contributed by atoms with E-state index in [4.69, 9.17) is 4.74 Å². The first-order valence-electron chi connectivity index (χ1n) is 21.6. The van der Waals surface area contributed by atoms with Crippen LogP contribution in [0.2, 0.25) is 0 Å². The van der Waals surface area contributed by atoms with Crippen LogP contribution in [-0.2, 0) is 5.41 Å². The van der Waals surface area contributed by atoms with Crippen LogP contribution in [0, 0.1) is 0 Å². The summed E-state index contributed by atoms with van der Waals surface area (Å²) in [6, 6.07) is 80.3. The minimum Gasteiger partial charge on any atom is -0.457 e. The minimum absolute atomic E-state index is 0.597. The topological polar surface area (TPSA) is 17.4 Å². The molecule has 3 nitrogen and oxygen atoms in total. The van der Waals surface area contributed by atoms with Gasteiger partial charge in [0.05, 0.1) is 22.1 Å². The number of hydrogen-bond donors (Lipinski definition) is 0. The number of benzene rings is 10. The molecule has 0 saturated carbocycles. The zero-order chi connectivity index (χ0) is 41.2. The molecule has 2 aliphatic rings. The molecule has 0 atom stereocenters. The van der Waals surface area contributed by atoms with E-state index in [9.17, 15) is 0 Å². The maximum Gasteiger partial charge on any atom is 0.132 e. The Morgan fingerprint density at radius 1 is 0.397 bits per heavy atom. The number of thiophene rings is 1. The number of nitrogens with zero attached hydrogens (tertiary/aromatic N) is 2. The maximum absolute atomic E-state index is 6.71. The summed E-state index contributed by atoms with van der Waals surface area (Å²) in [6.07, 6.45) is 0. The van der Waals surface area contributed by atoms with Gasteiger partial charge >= 0.3 is 0 Å². The van der Waals surface area contributed by atoms with Gasteiger partial charge in [0.15, 0.2) is 0 Å². The third kappa shape index (κ3) is 4.73. The lowest BCUT2D eigenvalue weighted by atomic mass is 9.58. The van der Waals surface area contributed by atoms with Gasteiger partial charge in [-0.2, -0.15) is 0 Å². The zero-order valence-corrected chi connectivity index (χ0v) is 34.8. The van der Waals surface area contributed by atoms with Crippen molar-refractivity contribution in [2.45, 2.75) is 5.41 Å². The van der Waals surface area contributed by atoms with Gasteiger partial charge in [0.25, 0.3) is 0 Å². The molecule has 0 saturated heterocycles. The van der Waals surface area contributed by atoms with E-state index in [0.717, 1.165) is 45.4 Å². The number of hydrogen-bond acceptors (Lipinski definition) is 3. The van der Waals surface area contributed by atoms with Gasteiger partial charge in [0.1, 0.15) is 11.5 Å². The number of rotatable bonds is 4. The van der Waals surface area contributed by atoms with Crippen molar-refractivity contribution in [3.05, 3.63) is 241 Å². The number of aromatic nitrogens is 1. The number of anilines is 3. The van der Waals surface area contributed by atoms with E-state index >= 15 is 0 Å². The Balaban J connectivity index is 1.04. The predicted molar refractivity (Wildman–Crippen MR) is 263 cm³/mol. The molecule has 0 amide bonds. The highest BCUT2D eigenvalue weighted by atomic mass is 32.1. The Bertz CT molecular complexity index is 3810. The second-order valence-electron chi connectivity index (χ2n) is 16.8. The highest BCUT2D eigenvalue weighted by Gasteiger charge is 2.49. The maximum atomic E-state index is 6.71. The highest BCUT2D eigenvalue weighted by Crippen LogP contribution is 2.62. The molecule has 14 rings (SSSR count). The van der Waals surface area contributed by atoms with E-state index in [2.05, 4.69) is 228 Å². The lowest BCUT2D eigenvalue weighted by Gasteiger charge is -2.45. The van der Waals surface area contributed by atoms with Crippen LogP contribution in [0.4, 0.5) is 17.1 Å². The summed E-state index contributed by atoms with van der Waals surface area (Å²) < 4.78 is 11.8. The summed E-state index contributed by atoms with van der Waals surface area (Å²) in [6.45, 7) is 0. The average Bonchev–Trinajstić information content (AvgIpc) is 3.88. The first-order valence-corrected chi connectivity index (χ1v) is 22.4. The second kappa shape index (κ2) is 13.0. The largest absolute Gasteiger partial charge is 0.457 e. The minimum atomic E-state index is -0.597. The SMILES string of the molecule is c1ccc(N(c2ccc3c4ccccc4n(-c4ccc5c(c4)sc4ccccc45)c3c2)c2ccc3c4c(cccc24)C2(c4ccccc4Oc4ccccc42)c2ccccc2-3)cc1. The number of para-hydroxylation sites is 4. The van der Waals surface area contributed by atoms with Crippen molar-refractivity contribution in [1.29, 1.82) is 0 Å². The normalized spacial score (nSPS) is 13.3. The quantitative estimate of drug-likeness (QED) is 0.176. The van der Waals surface area contributed by atoms with Crippen molar-refractivity contribution < 1.29 is 4.74 Å². The van der Waals surface area contributed by atoms with Gasteiger partial charge in [-0.15, -0.1) is 11.3 Å². The summed E-state index contributed by atoms with van der Waals surface area (Å²) >= 11 is 1.86. The van der Waals surface area contributed by atoms with E-state index in [1.165, 1.54) is 75.0 Å². The van der Waals surface area contributed by atoms with E-state index < -0.39 is 5.41 Å². The molecule has 0 bridgehead atoms. The van der Waals surface area contributed by atoms with Crippen LogP contribution in [0.1, 0.15) is 22.3 Å². The fourth-order valence-corrected chi connectivity index (χ4v) is 12.3. The summed E-state index contributed by atoms with van der Waals surface area (Å²) in [4.78, 5) is 2.46. The van der Waals surface area contributed by atoms with Gasteiger partial charge in [-0.3, -0.25) is 0 Å². The molecule has 0 N–H and O–H groups in total. The van der Waals surface area contributed by atoms with E-state index in [0.29, 0.717) is 0 Å². The standard InChI is InChI=1S/C59H36N2OS/c1-2-15-37(16-3-1)60(38-29-31-42-41-18-5-10-25-51(41)61(53(42)35-38)39-30-32-44-43-19-6-13-28-56(43)63-57(44)36-39)52-34-33-45-40-17-4-7-21-47(40)59(50-24-14-20-46(52)58(45)50)48-22-8-11-26-54(48)62-55-27-12-9-23-49(55)59/h1-36H. The van der Waals surface area contributed by atoms with Crippen LogP contribution in [-0.4, -0.2) is 4.57 Å². The molecule has 0 radical (unpaired) electrons. The zero-order valence-electron chi connectivity index (χ0n) is 34.0. The predicted octanol–water partition coefficient (Wildman–Crippen LogP) is 16.2. The molecule has 63 heavy (non-hydrogen) atoms. The van der Waals surface area contributed by atoms with Crippen LogP contribution < -0.4 is 9.64 Å². The van der Waals surface area contributed by atoms with Gasteiger partial charge in [0.2, 0.25) is 0 Å². The number of fused-ring (bicyclic) bond motifs is 14. The van der Waals surface area contributed by atoms with Crippen molar-refractivity contribution in [3.8, 4) is 28.3 Å². The molecule has 10 aromatic carbocycles. The number of ether oxygens (including phenoxy) is 1. The Labute approximate surface area is 367 Å². The summed E-state index contributed by atoms with van der Waals surface area (Å²) in [5.41, 5.74) is 13.6. The molecular weight excluding hydrogens is 785 g/mol. The second-order valence-corrected chi connectivity index (χ2v) is 17.8. The van der Waals surface area contributed by atoms with Crippen molar-refractivity contribution in [2.24, 2.45) is 0 Å². The Morgan fingerprint density at radius 2 is 1.03 bits per heavy atom. The summed E-state index contributed by atoms with van der Waals surface area (Å²) in [7, 11) is 0. The monoisotopic (exact) mass is 820 g/mol. The van der Waals surface area contributed by atoms with E-state index in [1.807, 2.05) is 11.3 Å². The Kier molecular flexibility index (Phi) is 7.20. The van der Waals surface area contributed by atoms with Crippen molar-refractivity contribution >= 4 is 81.1 Å². The highest BCUT2D eigenvalue weighted by molar-refractivity contribution is 7.25. The molecule has 0 fully saturated rings. The average molecular weight is 821 g/mol. The van der Waals surface area contributed by atoms with Crippen molar-refractivity contribution in [3.63, 3.8) is 0 Å². The van der Waals surface area contributed by atoms with Crippen molar-refractivity contribution in [1.82, 2.24) is 4.57 Å². The van der Waals surface area contributed by atoms with E-state index in [1.54, 1.807) is 0 Å². The van der Waals surface area contributed by atoms with Gasteiger partial charge in [-0.25, -0.2) is 0 Å². The van der Waals surface area contributed by atoms with Crippen LogP contribution in [0.5, 0.6) is 11.5 Å². The van der Waals surface area contributed by atoms with Crippen LogP contribution >= 0.6 is 11.3 Å². The molecule has 12 aromatic rings. The molecule has 1 aliphatic carbocycles. The van der Waals surface area contributed by atoms with Crippen LogP contribution in [0.3, 0.4) is 0 Å². The molecule has 4 heteroatoms. The smallest absolute Gasteiger partial charge is 0.132 e. The lowest BCUT2D eigenvalue weighted by Crippen LogP contribution is -2.36. The molecule has 2 aromatic heterocycles. The molecule has 294 valence electrons. The van der Waals surface area contributed by atoms with Gasteiger partial charge < -0.3 is 14.2 Å². The Morgan fingerprint density at radius 3 is 1.87 bits per heavy atom. The van der Waals surface area contributed by atoms with E-state index in [-0.39, 0.29) is 0 Å². The first kappa shape index (κ1) is 34.8. The summed E-state index contributed by atoms with van der Waals surface area (Å²) in [5, 5.41) is 7.53. The van der Waals surface area contributed by atoms with Crippen LogP contribution in [0.25, 0.3) is 69.6 Å². The molecule has 1 aliphatic heterocycles. The third-order valence-electron chi connectivity index (χ3n) is 13.6. The van der Waals surface area contributed by atoms with Crippen LogP contribution in [0.15, 0.2) is 218 Å². The fourth-order valence-electron chi connectivity index (χ4n) is 11.1. The Hall–Kier alpha value is -7.92.